The average Bonchev–Trinajstić information content (AvgIpc) is 3.06. The van der Waals surface area contributed by atoms with Gasteiger partial charge < -0.3 is 24.2 Å². The minimum Gasteiger partial charge on any atom is -0.545 e. The molecule has 3 rings (SSSR count). The van der Waals surface area contributed by atoms with Crippen LogP contribution >= 0.6 is 0 Å². The standard InChI is InChI=1S/C17H10N2O8/c20-13-11(14(21)19-17(26)18-13)6-10-1-2-12(27-10)7-3-8(15(22)23)5-9(4-7)16(24)25/h1-6H,(H,22,23)(H,24,25)(H2,18,19,20,21,26)/p-2. The Labute approximate surface area is 150 Å². The van der Waals surface area contributed by atoms with Crippen LogP contribution in [0.2, 0.25) is 0 Å². The van der Waals surface area contributed by atoms with Gasteiger partial charge in [0, 0.05) is 5.56 Å². The predicted molar refractivity (Wildman–Crippen MR) is 82.5 cm³/mol. The molecule has 0 spiro atoms. The lowest BCUT2D eigenvalue weighted by molar-refractivity contribution is -0.255. The van der Waals surface area contributed by atoms with Crippen LogP contribution in [0.1, 0.15) is 26.5 Å². The first-order valence-corrected chi connectivity index (χ1v) is 7.31. The van der Waals surface area contributed by atoms with Gasteiger partial charge in [0.1, 0.15) is 17.1 Å². The van der Waals surface area contributed by atoms with Crippen molar-refractivity contribution in [2.75, 3.05) is 0 Å². The molecule has 1 aliphatic heterocycles. The number of barbiturate groups is 1. The zero-order chi connectivity index (χ0) is 19.7. The van der Waals surface area contributed by atoms with Crippen molar-refractivity contribution < 1.29 is 38.6 Å². The topological polar surface area (TPSA) is 169 Å². The smallest absolute Gasteiger partial charge is 0.328 e. The summed E-state index contributed by atoms with van der Waals surface area (Å²) in [5.74, 6) is -4.91. The number of amides is 4. The number of aromatic carboxylic acids is 2. The van der Waals surface area contributed by atoms with E-state index in [0.29, 0.717) is 0 Å². The van der Waals surface area contributed by atoms with E-state index in [1.54, 1.807) is 0 Å². The number of hydrogen-bond donors (Lipinski definition) is 2. The summed E-state index contributed by atoms with van der Waals surface area (Å²) in [6.07, 6.45) is 1.07. The molecule has 27 heavy (non-hydrogen) atoms. The number of carboxylic acids is 2. The maximum absolute atomic E-state index is 11.7. The summed E-state index contributed by atoms with van der Waals surface area (Å²) in [7, 11) is 0. The highest BCUT2D eigenvalue weighted by Gasteiger charge is 2.28. The van der Waals surface area contributed by atoms with Gasteiger partial charge in [-0.25, -0.2) is 4.79 Å². The summed E-state index contributed by atoms with van der Waals surface area (Å²) in [4.78, 5) is 56.5. The van der Waals surface area contributed by atoms with Crippen LogP contribution in [0, 0.1) is 0 Å². The van der Waals surface area contributed by atoms with Crippen molar-refractivity contribution in [3.63, 3.8) is 0 Å². The predicted octanol–water partition coefficient (Wildman–Crippen LogP) is -1.58. The monoisotopic (exact) mass is 368 g/mol. The number of carbonyl (C=O) groups is 5. The summed E-state index contributed by atoms with van der Waals surface area (Å²) in [5.41, 5.74) is -1.07. The molecule has 0 atom stereocenters. The molecule has 1 aromatic heterocycles. The molecular formula is C17H8N2O8-2. The Hall–Kier alpha value is -4.21. The molecule has 0 bridgehead atoms. The van der Waals surface area contributed by atoms with Crippen molar-refractivity contribution in [1.29, 1.82) is 0 Å². The zero-order valence-corrected chi connectivity index (χ0v) is 13.2. The lowest BCUT2D eigenvalue weighted by atomic mass is 10.0. The first kappa shape index (κ1) is 17.6. The van der Waals surface area contributed by atoms with Gasteiger partial charge in [0.15, 0.2) is 0 Å². The molecule has 2 heterocycles. The Balaban J connectivity index is 1.99. The molecule has 10 nitrogen and oxygen atoms in total. The van der Waals surface area contributed by atoms with Gasteiger partial charge in [0.25, 0.3) is 11.8 Å². The zero-order valence-electron chi connectivity index (χ0n) is 13.2. The molecule has 1 saturated heterocycles. The van der Waals surface area contributed by atoms with Gasteiger partial charge in [-0.15, -0.1) is 0 Å². The van der Waals surface area contributed by atoms with Crippen molar-refractivity contribution in [2.45, 2.75) is 0 Å². The summed E-state index contributed by atoms with van der Waals surface area (Å²) < 4.78 is 5.42. The van der Waals surface area contributed by atoms with E-state index in [0.717, 1.165) is 24.3 Å². The van der Waals surface area contributed by atoms with Gasteiger partial charge in [-0.1, -0.05) is 0 Å². The van der Waals surface area contributed by atoms with Crippen molar-refractivity contribution in [3.8, 4) is 11.3 Å². The van der Waals surface area contributed by atoms with Crippen LogP contribution in [0.4, 0.5) is 4.79 Å². The molecular weight excluding hydrogens is 360 g/mol. The Morgan fingerprint density at radius 2 is 1.44 bits per heavy atom. The second-order valence-corrected chi connectivity index (χ2v) is 5.37. The van der Waals surface area contributed by atoms with Crippen LogP contribution in [0.5, 0.6) is 0 Å². The second kappa shape index (κ2) is 6.59. The number of benzene rings is 1. The number of nitrogens with one attached hydrogen (secondary N) is 2. The van der Waals surface area contributed by atoms with Crippen LogP contribution in [0.3, 0.4) is 0 Å². The van der Waals surface area contributed by atoms with Crippen molar-refractivity contribution in [1.82, 2.24) is 10.6 Å². The lowest BCUT2D eigenvalue weighted by Gasteiger charge is -2.13. The highest BCUT2D eigenvalue weighted by Crippen LogP contribution is 2.26. The summed E-state index contributed by atoms with van der Waals surface area (Å²) >= 11 is 0. The van der Waals surface area contributed by atoms with Gasteiger partial charge in [-0.2, -0.15) is 0 Å². The second-order valence-electron chi connectivity index (χ2n) is 5.37. The Morgan fingerprint density at radius 3 is 1.96 bits per heavy atom. The molecule has 2 N–H and O–H groups in total. The van der Waals surface area contributed by atoms with Crippen molar-refractivity contribution in [3.05, 3.63) is 52.8 Å². The number of hydrogen-bond acceptors (Lipinski definition) is 8. The lowest BCUT2D eigenvalue weighted by Crippen LogP contribution is -2.51. The molecule has 1 fully saturated rings. The van der Waals surface area contributed by atoms with Crippen molar-refractivity contribution in [2.24, 2.45) is 0 Å². The van der Waals surface area contributed by atoms with E-state index < -0.39 is 40.9 Å². The molecule has 0 aliphatic carbocycles. The van der Waals surface area contributed by atoms with E-state index in [1.807, 2.05) is 10.6 Å². The van der Waals surface area contributed by atoms with Crippen molar-refractivity contribution >= 4 is 35.9 Å². The molecule has 136 valence electrons. The number of urea groups is 1. The summed E-state index contributed by atoms with van der Waals surface area (Å²) in [6.45, 7) is 0. The fraction of sp³-hybridized carbons (Fsp3) is 0. The van der Waals surface area contributed by atoms with E-state index in [9.17, 15) is 34.2 Å². The highest BCUT2D eigenvalue weighted by molar-refractivity contribution is 6.31. The van der Waals surface area contributed by atoms with Gasteiger partial charge in [0.2, 0.25) is 0 Å². The number of carboxylic acid groups (broad SMARTS) is 2. The minimum absolute atomic E-state index is 0.0357. The van der Waals surface area contributed by atoms with Gasteiger partial charge in [-0.05, 0) is 47.5 Å². The highest BCUT2D eigenvalue weighted by atomic mass is 16.4. The van der Waals surface area contributed by atoms with Gasteiger partial charge in [-0.3, -0.25) is 20.2 Å². The maximum atomic E-state index is 11.7. The van der Waals surface area contributed by atoms with Crippen LogP contribution < -0.4 is 20.8 Å². The molecule has 4 amide bonds. The van der Waals surface area contributed by atoms with E-state index in [1.165, 1.54) is 12.1 Å². The molecule has 2 aromatic rings. The fourth-order valence-corrected chi connectivity index (χ4v) is 2.34. The summed E-state index contributed by atoms with van der Waals surface area (Å²) in [6, 6.07) is 4.95. The van der Waals surface area contributed by atoms with Crippen LogP contribution in [0.25, 0.3) is 17.4 Å². The molecule has 0 saturated carbocycles. The van der Waals surface area contributed by atoms with Crippen LogP contribution in [-0.2, 0) is 9.59 Å². The van der Waals surface area contributed by atoms with Crippen LogP contribution in [0.15, 0.2) is 40.3 Å². The molecule has 10 heteroatoms. The van der Waals surface area contributed by atoms with Crippen LogP contribution in [-0.4, -0.2) is 29.8 Å². The van der Waals surface area contributed by atoms with E-state index in [2.05, 4.69) is 0 Å². The van der Waals surface area contributed by atoms with E-state index >= 15 is 0 Å². The van der Waals surface area contributed by atoms with E-state index in [4.69, 9.17) is 4.42 Å². The fourth-order valence-electron chi connectivity index (χ4n) is 2.34. The quantitative estimate of drug-likeness (QED) is 0.481. The SMILES string of the molecule is O=C1NC(=O)C(=Cc2ccc(-c3cc(C(=O)[O-])cc(C(=O)[O-])c3)o2)C(=O)N1. The molecule has 1 aliphatic rings. The molecule has 0 unspecified atom stereocenters. The first-order valence-electron chi connectivity index (χ1n) is 7.31. The molecule has 1 aromatic carbocycles. The number of carbonyl (C=O) groups excluding carboxylic acids is 5. The number of furan rings is 1. The van der Waals surface area contributed by atoms with Gasteiger partial charge in [0.05, 0.1) is 11.9 Å². The largest absolute Gasteiger partial charge is 0.545 e. The number of imide groups is 2. The Bertz CT molecular complexity index is 993. The minimum atomic E-state index is -1.59. The third-order valence-electron chi connectivity index (χ3n) is 3.55. The molecule has 0 radical (unpaired) electrons. The first-order chi connectivity index (χ1) is 12.7. The van der Waals surface area contributed by atoms with Gasteiger partial charge >= 0.3 is 6.03 Å². The van der Waals surface area contributed by atoms with E-state index in [-0.39, 0.29) is 22.7 Å². The normalized spacial score (nSPS) is 13.8. The maximum Gasteiger partial charge on any atom is 0.328 e. The number of rotatable bonds is 4. The average molecular weight is 368 g/mol. The third kappa shape index (κ3) is 3.58. The summed E-state index contributed by atoms with van der Waals surface area (Å²) in [5, 5.41) is 25.9. The third-order valence-corrected chi connectivity index (χ3v) is 3.55. The Kier molecular flexibility index (Phi) is 4.30. The Morgan fingerprint density at radius 1 is 0.889 bits per heavy atom.